The summed E-state index contributed by atoms with van der Waals surface area (Å²) in [6, 6.07) is 10.1. The van der Waals surface area contributed by atoms with Crippen LogP contribution in [0.5, 0.6) is 0 Å². The van der Waals surface area contributed by atoms with Crippen molar-refractivity contribution in [1.82, 2.24) is 5.48 Å². The van der Waals surface area contributed by atoms with Gasteiger partial charge in [-0.05, 0) is 25.0 Å². The second kappa shape index (κ2) is 5.34. The molecule has 0 bridgehead atoms. The molecule has 2 aromatic rings. The molecular formula is C14H19NO2. The summed E-state index contributed by atoms with van der Waals surface area (Å²) in [7, 11) is 0. The van der Waals surface area contributed by atoms with Gasteiger partial charge in [-0.1, -0.05) is 32.0 Å². The first kappa shape index (κ1) is 12.1. The second-order valence-electron chi connectivity index (χ2n) is 4.73. The minimum Gasteiger partial charge on any atom is -0.459 e. The molecule has 3 heteroatoms. The van der Waals surface area contributed by atoms with Crippen molar-refractivity contribution in [3.63, 3.8) is 0 Å². The summed E-state index contributed by atoms with van der Waals surface area (Å²) in [5.41, 5.74) is 3.91. The van der Waals surface area contributed by atoms with E-state index in [1.165, 1.54) is 0 Å². The van der Waals surface area contributed by atoms with Gasteiger partial charge in [-0.15, -0.1) is 0 Å². The molecule has 1 atom stereocenters. The Bertz CT molecular complexity index is 443. The first-order chi connectivity index (χ1) is 8.16. The van der Waals surface area contributed by atoms with E-state index in [0.717, 1.165) is 16.7 Å². The van der Waals surface area contributed by atoms with Crippen molar-refractivity contribution in [1.29, 1.82) is 0 Å². The number of hydrogen-bond acceptors (Lipinski definition) is 3. The summed E-state index contributed by atoms with van der Waals surface area (Å²) in [6.07, 6.45) is 0. The average Bonchev–Trinajstić information content (AvgIpc) is 2.71. The summed E-state index contributed by atoms with van der Waals surface area (Å²) in [6.45, 7) is 6.96. The van der Waals surface area contributed by atoms with Gasteiger partial charge in [0.25, 0.3) is 0 Å². The fourth-order valence-corrected chi connectivity index (χ4v) is 1.61. The van der Waals surface area contributed by atoms with Gasteiger partial charge in [-0.25, -0.2) is 0 Å². The van der Waals surface area contributed by atoms with Crippen molar-refractivity contribution in [3.8, 4) is 0 Å². The lowest BCUT2D eigenvalue weighted by Gasteiger charge is -2.12. The van der Waals surface area contributed by atoms with E-state index in [-0.39, 0.29) is 6.04 Å². The first-order valence-electron chi connectivity index (χ1n) is 6.02. The molecule has 1 N–H and O–H groups in total. The molecule has 2 rings (SSSR count). The molecule has 92 valence electrons. The molecule has 1 aromatic heterocycles. The minimum atomic E-state index is 0.0566. The van der Waals surface area contributed by atoms with E-state index in [9.17, 15) is 0 Å². The maximum atomic E-state index is 5.74. The number of rotatable bonds is 5. The van der Waals surface area contributed by atoms with Crippen LogP contribution < -0.4 is 5.48 Å². The SMILES string of the molecule is CC(C)CONC(C)c1cc2ccccc2o1. The van der Waals surface area contributed by atoms with Gasteiger partial charge in [0.1, 0.15) is 11.3 Å². The van der Waals surface area contributed by atoms with E-state index in [1.807, 2.05) is 37.3 Å². The van der Waals surface area contributed by atoms with Crippen molar-refractivity contribution in [2.45, 2.75) is 26.8 Å². The Morgan fingerprint density at radius 3 is 2.71 bits per heavy atom. The molecular weight excluding hydrogens is 214 g/mol. The molecule has 0 aliphatic carbocycles. The summed E-state index contributed by atoms with van der Waals surface area (Å²) in [5, 5.41) is 1.13. The average molecular weight is 233 g/mol. The molecule has 0 radical (unpaired) electrons. The largest absolute Gasteiger partial charge is 0.459 e. The zero-order valence-corrected chi connectivity index (χ0v) is 10.6. The van der Waals surface area contributed by atoms with Gasteiger partial charge >= 0.3 is 0 Å². The van der Waals surface area contributed by atoms with Gasteiger partial charge in [-0.3, -0.25) is 0 Å². The van der Waals surface area contributed by atoms with Crippen molar-refractivity contribution < 1.29 is 9.25 Å². The van der Waals surface area contributed by atoms with Crippen LogP contribution in [0.2, 0.25) is 0 Å². The van der Waals surface area contributed by atoms with E-state index in [1.54, 1.807) is 0 Å². The molecule has 1 aromatic carbocycles. The molecule has 0 aliphatic rings. The number of furan rings is 1. The first-order valence-corrected chi connectivity index (χ1v) is 6.02. The molecule has 0 saturated heterocycles. The van der Waals surface area contributed by atoms with Crippen LogP contribution in [-0.2, 0) is 4.84 Å². The standard InChI is InChI=1S/C14H19NO2/c1-10(2)9-16-15-11(3)14-8-12-6-4-5-7-13(12)17-14/h4-8,10-11,15H,9H2,1-3H3. The highest BCUT2D eigenvalue weighted by molar-refractivity contribution is 5.77. The molecule has 1 heterocycles. The zero-order valence-electron chi connectivity index (χ0n) is 10.6. The van der Waals surface area contributed by atoms with Crippen LogP contribution in [0.25, 0.3) is 11.0 Å². The lowest BCUT2D eigenvalue weighted by Crippen LogP contribution is -2.21. The van der Waals surface area contributed by atoms with E-state index < -0.39 is 0 Å². The smallest absolute Gasteiger partial charge is 0.134 e. The number of para-hydroxylation sites is 1. The summed E-state index contributed by atoms with van der Waals surface area (Å²) < 4.78 is 5.74. The molecule has 0 fully saturated rings. The van der Waals surface area contributed by atoms with Crippen molar-refractivity contribution in [2.75, 3.05) is 6.61 Å². The maximum Gasteiger partial charge on any atom is 0.134 e. The number of nitrogens with one attached hydrogen (secondary N) is 1. The number of hydroxylamine groups is 1. The Balaban J connectivity index is 2.01. The van der Waals surface area contributed by atoms with Crippen LogP contribution >= 0.6 is 0 Å². The fraction of sp³-hybridized carbons (Fsp3) is 0.429. The van der Waals surface area contributed by atoms with Crippen LogP contribution in [0.4, 0.5) is 0 Å². The molecule has 3 nitrogen and oxygen atoms in total. The zero-order chi connectivity index (χ0) is 12.3. The van der Waals surface area contributed by atoms with Crippen molar-refractivity contribution >= 4 is 11.0 Å². The van der Waals surface area contributed by atoms with Gasteiger partial charge in [-0.2, -0.15) is 5.48 Å². The Labute approximate surface area is 102 Å². The van der Waals surface area contributed by atoms with Gasteiger partial charge < -0.3 is 9.25 Å². The highest BCUT2D eigenvalue weighted by atomic mass is 16.6. The maximum absolute atomic E-state index is 5.74. The van der Waals surface area contributed by atoms with Gasteiger partial charge in [0.05, 0.1) is 12.6 Å². The Kier molecular flexibility index (Phi) is 3.82. The molecule has 0 amide bonds. The number of fused-ring (bicyclic) bond motifs is 1. The summed E-state index contributed by atoms with van der Waals surface area (Å²) in [5.74, 6) is 1.42. The predicted octanol–water partition coefficient (Wildman–Crippen LogP) is 3.67. The third-order valence-corrected chi connectivity index (χ3v) is 2.55. The molecule has 17 heavy (non-hydrogen) atoms. The topological polar surface area (TPSA) is 34.4 Å². The van der Waals surface area contributed by atoms with Crippen LogP contribution in [0.3, 0.4) is 0 Å². The molecule has 0 aliphatic heterocycles. The Morgan fingerprint density at radius 1 is 1.24 bits per heavy atom. The molecule has 1 unspecified atom stereocenters. The van der Waals surface area contributed by atoms with E-state index in [0.29, 0.717) is 12.5 Å². The lowest BCUT2D eigenvalue weighted by atomic mass is 10.2. The molecule has 0 saturated carbocycles. The summed E-state index contributed by atoms with van der Waals surface area (Å²) >= 11 is 0. The third-order valence-electron chi connectivity index (χ3n) is 2.55. The number of hydrogen-bond donors (Lipinski definition) is 1. The van der Waals surface area contributed by atoms with Crippen molar-refractivity contribution in [2.24, 2.45) is 5.92 Å². The highest BCUT2D eigenvalue weighted by Crippen LogP contribution is 2.23. The van der Waals surface area contributed by atoms with Crippen LogP contribution in [0, 0.1) is 5.92 Å². The number of benzene rings is 1. The Hall–Kier alpha value is -1.32. The highest BCUT2D eigenvalue weighted by Gasteiger charge is 2.11. The predicted molar refractivity (Wildman–Crippen MR) is 68.6 cm³/mol. The summed E-state index contributed by atoms with van der Waals surface area (Å²) in [4.78, 5) is 5.40. The fourth-order valence-electron chi connectivity index (χ4n) is 1.61. The van der Waals surface area contributed by atoms with E-state index >= 15 is 0 Å². The Morgan fingerprint density at radius 2 is 2.00 bits per heavy atom. The monoisotopic (exact) mass is 233 g/mol. The van der Waals surface area contributed by atoms with Crippen LogP contribution in [-0.4, -0.2) is 6.61 Å². The van der Waals surface area contributed by atoms with Gasteiger partial charge in [0, 0.05) is 5.39 Å². The lowest BCUT2D eigenvalue weighted by molar-refractivity contribution is 0.000267. The quantitative estimate of drug-likeness (QED) is 0.800. The van der Waals surface area contributed by atoms with Gasteiger partial charge in [0.15, 0.2) is 0 Å². The second-order valence-corrected chi connectivity index (χ2v) is 4.73. The normalized spacial score (nSPS) is 13.4. The van der Waals surface area contributed by atoms with Crippen LogP contribution in [0.15, 0.2) is 34.7 Å². The van der Waals surface area contributed by atoms with Gasteiger partial charge in [0.2, 0.25) is 0 Å². The van der Waals surface area contributed by atoms with E-state index in [4.69, 9.17) is 9.25 Å². The van der Waals surface area contributed by atoms with Crippen molar-refractivity contribution in [3.05, 3.63) is 36.1 Å². The molecule has 0 spiro atoms. The third kappa shape index (κ3) is 3.08. The minimum absolute atomic E-state index is 0.0566. The van der Waals surface area contributed by atoms with Crippen LogP contribution in [0.1, 0.15) is 32.6 Å². The van der Waals surface area contributed by atoms with E-state index in [2.05, 4.69) is 19.3 Å².